The molecule has 0 saturated carbocycles. The second kappa shape index (κ2) is 5.59. The van der Waals surface area contributed by atoms with Crippen molar-refractivity contribution in [1.29, 1.82) is 0 Å². The van der Waals surface area contributed by atoms with E-state index in [1.54, 1.807) is 31.2 Å². The summed E-state index contributed by atoms with van der Waals surface area (Å²) >= 11 is 5.83. The lowest BCUT2D eigenvalue weighted by Crippen LogP contribution is -2.35. The molecule has 0 aliphatic heterocycles. The van der Waals surface area contributed by atoms with E-state index in [2.05, 4.69) is 0 Å². The number of hydrogen-bond donors (Lipinski definition) is 0. The first-order valence-corrected chi connectivity index (χ1v) is 6.69. The van der Waals surface area contributed by atoms with Gasteiger partial charge in [-0.3, -0.25) is 4.79 Å². The van der Waals surface area contributed by atoms with E-state index < -0.39 is 5.41 Å². The summed E-state index contributed by atoms with van der Waals surface area (Å²) in [6.45, 7) is 3.55. The number of Topliss-reactive ketones (excluding diaryl/α,β-unsaturated/α-hetero) is 1. The average Bonchev–Trinajstić information content (AvgIpc) is 2.47. The molecule has 0 bridgehead atoms. The predicted molar refractivity (Wildman–Crippen MR) is 80.4 cm³/mol. The van der Waals surface area contributed by atoms with Crippen molar-refractivity contribution in [1.82, 2.24) is 0 Å². The maximum atomic E-state index is 12.7. The molecule has 0 heterocycles. The monoisotopic (exact) mass is 286 g/mol. The number of aryl methyl sites for hydroxylation is 1. The Kier molecular flexibility index (Phi) is 4.05. The van der Waals surface area contributed by atoms with Crippen molar-refractivity contribution in [2.24, 2.45) is 0 Å². The van der Waals surface area contributed by atoms with Gasteiger partial charge in [0.2, 0.25) is 0 Å². The molecule has 1 atom stereocenters. The summed E-state index contributed by atoms with van der Waals surface area (Å²) in [7, 11) is 0. The van der Waals surface area contributed by atoms with Crippen molar-refractivity contribution >= 4 is 23.7 Å². The number of carbonyl (C=O) groups is 2. The van der Waals surface area contributed by atoms with Gasteiger partial charge in [0.15, 0.2) is 5.78 Å². The molecule has 0 saturated heterocycles. The summed E-state index contributed by atoms with van der Waals surface area (Å²) in [4.78, 5) is 24.3. The highest BCUT2D eigenvalue weighted by Gasteiger charge is 2.36. The van der Waals surface area contributed by atoms with Gasteiger partial charge in [-0.15, -0.1) is 0 Å². The molecule has 2 aromatic rings. The summed E-state index contributed by atoms with van der Waals surface area (Å²) in [6, 6.07) is 14.0. The molecule has 0 amide bonds. The zero-order valence-corrected chi connectivity index (χ0v) is 12.1. The van der Waals surface area contributed by atoms with Gasteiger partial charge in [0.1, 0.15) is 11.7 Å². The highest BCUT2D eigenvalue weighted by atomic mass is 35.5. The molecular weight excluding hydrogens is 272 g/mol. The molecule has 2 rings (SSSR count). The van der Waals surface area contributed by atoms with E-state index in [0.29, 0.717) is 16.9 Å². The summed E-state index contributed by atoms with van der Waals surface area (Å²) < 4.78 is 0. The van der Waals surface area contributed by atoms with Gasteiger partial charge in [-0.2, -0.15) is 0 Å². The van der Waals surface area contributed by atoms with Gasteiger partial charge in [-0.25, -0.2) is 0 Å². The van der Waals surface area contributed by atoms with E-state index in [4.69, 9.17) is 11.6 Å². The summed E-state index contributed by atoms with van der Waals surface area (Å²) in [6.07, 6.45) is 0.715. The third-order valence-electron chi connectivity index (χ3n) is 3.52. The van der Waals surface area contributed by atoms with E-state index in [1.165, 1.54) is 0 Å². The van der Waals surface area contributed by atoms with Crippen LogP contribution in [-0.4, -0.2) is 12.1 Å². The van der Waals surface area contributed by atoms with E-state index in [0.717, 1.165) is 11.1 Å². The molecule has 0 aliphatic carbocycles. The second-order valence-corrected chi connectivity index (χ2v) is 5.41. The number of halogens is 1. The number of hydrogen-bond acceptors (Lipinski definition) is 2. The van der Waals surface area contributed by atoms with Gasteiger partial charge in [0.25, 0.3) is 0 Å². The van der Waals surface area contributed by atoms with Crippen molar-refractivity contribution in [3.05, 3.63) is 70.2 Å². The van der Waals surface area contributed by atoms with Crippen LogP contribution in [0.2, 0.25) is 5.02 Å². The third-order valence-corrected chi connectivity index (χ3v) is 3.77. The average molecular weight is 287 g/mol. The number of aldehydes is 1. The molecule has 0 N–H and O–H groups in total. The minimum Gasteiger partial charge on any atom is -0.302 e. The van der Waals surface area contributed by atoms with Crippen molar-refractivity contribution in [2.75, 3.05) is 0 Å². The lowest BCUT2D eigenvalue weighted by atomic mass is 9.76. The molecule has 20 heavy (non-hydrogen) atoms. The molecule has 3 heteroatoms. The Bertz CT molecular complexity index is 646. The first kappa shape index (κ1) is 14.5. The van der Waals surface area contributed by atoms with Crippen LogP contribution in [0.5, 0.6) is 0 Å². The highest BCUT2D eigenvalue weighted by Crippen LogP contribution is 2.29. The number of rotatable bonds is 4. The molecule has 0 spiro atoms. The van der Waals surface area contributed by atoms with Crippen molar-refractivity contribution < 1.29 is 9.59 Å². The van der Waals surface area contributed by atoms with Crippen LogP contribution in [0, 0.1) is 6.92 Å². The Labute approximate surface area is 123 Å². The molecule has 1 unspecified atom stereocenters. The van der Waals surface area contributed by atoms with Crippen LogP contribution in [0.25, 0.3) is 0 Å². The lowest BCUT2D eigenvalue weighted by Gasteiger charge is -2.24. The van der Waals surface area contributed by atoms with Crippen LogP contribution in [-0.2, 0) is 10.2 Å². The first-order chi connectivity index (χ1) is 9.49. The number of carbonyl (C=O) groups excluding carboxylic acids is 2. The van der Waals surface area contributed by atoms with Gasteiger partial charge in [-0.1, -0.05) is 35.9 Å². The molecule has 2 nitrogen and oxygen atoms in total. The minimum atomic E-state index is -1.18. The van der Waals surface area contributed by atoms with Gasteiger partial charge in [0.05, 0.1) is 0 Å². The van der Waals surface area contributed by atoms with E-state index in [1.807, 2.05) is 31.2 Å². The smallest absolute Gasteiger partial charge is 0.180 e. The highest BCUT2D eigenvalue weighted by molar-refractivity contribution is 6.30. The molecule has 0 aromatic heterocycles. The molecule has 2 aromatic carbocycles. The number of benzene rings is 2. The van der Waals surface area contributed by atoms with Crippen LogP contribution < -0.4 is 0 Å². The lowest BCUT2D eigenvalue weighted by molar-refractivity contribution is -0.110. The van der Waals surface area contributed by atoms with Crippen molar-refractivity contribution in [2.45, 2.75) is 19.3 Å². The Hall–Kier alpha value is -1.93. The van der Waals surface area contributed by atoms with Crippen molar-refractivity contribution in [3.63, 3.8) is 0 Å². The molecular formula is C17H15ClO2. The second-order valence-electron chi connectivity index (χ2n) is 4.97. The SMILES string of the molecule is Cc1ccccc1C(C)(C=O)C(=O)c1ccc(Cl)cc1. The van der Waals surface area contributed by atoms with Crippen LogP contribution in [0.3, 0.4) is 0 Å². The fourth-order valence-corrected chi connectivity index (χ4v) is 2.42. The molecule has 0 radical (unpaired) electrons. The van der Waals surface area contributed by atoms with Crippen molar-refractivity contribution in [3.8, 4) is 0 Å². The molecule has 102 valence electrons. The maximum Gasteiger partial charge on any atom is 0.180 e. The fourth-order valence-electron chi connectivity index (χ4n) is 2.30. The zero-order valence-electron chi connectivity index (χ0n) is 11.4. The van der Waals surface area contributed by atoms with Crippen LogP contribution in [0.15, 0.2) is 48.5 Å². The van der Waals surface area contributed by atoms with E-state index in [9.17, 15) is 9.59 Å². The van der Waals surface area contributed by atoms with E-state index in [-0.39, 0.29) is 5.78 Å². The van der Waals surface area contributed by atoms with Gasteiger partial charge in [0, 0.05) is 10.6 Å². The largest absolute Gasteiger partial charge is 0.302 e. The van der Waals surface area contributed by atoms with Crippen LogP contribution in [0.1, 0.15) is 28.4 Å². The van der Waals surface area contributed by atoms with Crippen LogP contribution >= 0.6 is 11.6 Å². The van der Waals surface area contributed by atoms with Gasteiger partial charge >= 0.3 is 0 Å². The molecule has 0 fully saturated rings. The normalized spacial score (nSPS) is 13.6. The van der Waals surface area contributed by atoms with Crippen LogP contribution in [0.4, 0.5) is 0 Å². The Balaban J connectivity index is 2.51. The first-order valence-electron chi connectivity index (χ1n) is 6.32. The molecule has 0 aliphatic rings. The third kappa shape index (κ3) is 2.52. The summed E-state index contributed by atoms with van der Waals surface area (Å²) in [5.41, 5.74) is 0.950. The quantitative estimate of drug-likeness (QED) is 0.484. The topological polar surface area (TPSA) is 34.1 Å². The Morgan fingerprint density at radius 2 is 1.70 bits per heavy atom. The standard InChI is InChI=1S/C17H15ClO2/c1-12-5-3-4-6-15(12)17(2,11-19)16(20)13-7-9-14(18)10-8-13/h3-11H,1-2H3. The predicted octanol–water partition coefficient (Wildman–Crippen LogP) is 3.99. The number of ketones is 1. The summed E-state index contributed by atoms with van der Waals surface area (Å²) in [5, 5.41) is 0.560. The Morgan fingerprint density at radius 3 is 2.25 bits per heavy atom. The zero-order chi connectivity index (χ0) is 14.8. The maximum absolute atomic E-state index is 12.7. The minimum absolute atomic E-state index is 0.224. The van der Waals surface area contributed by atoms with E-state index >= 15 is 0 Å². The van der Waals surface area contributed by atoms with Gasteiger partial charge < -0.3 is 4.79 Å². The fraction of sp³-hybridized carbons (Fsp3) is 0.176. The summed E-state index contributed by atoms with van der Waals surface area (Å²) in [5.74, 6) is -0.224. The van der Waals surface area contributed by atoms with Gasteiger partial charge in [-0.05, 0) is 49.2 Å². The Morgan fingerprint density at radius 1 is 1.10 bits per heavy atom.